The molecule has 0 aliphatic heterocycles. The van der Waals surface area contributed by atoms with E-state index in [2.05, 4.69) is 15.9 Å². The summed E-state index contributed by atoms with van der Waals surface area (Å²) in [6.45, 7) is 0.954. The summed E-state index contributed by atoms with van der Waals surface area (Å²) in [5.74, 6) is 1.35. The van der Waals surface area contributed by atoms with E-state index in [4.69, 9.17) is 9.15 Å². The van der Waals surface area contributed by atoms with E-state index >= 15 is 0 Å². The van der Waals surface area contributed by atoms with E-state index in [9.17, 15) is 4.79 Å². The molecule has 0 saturated heterocycles. The molecule has 0 aliphatic carbocycles. The minimum absolute atomic E-state index is 0.0918. The zero-order chi connectivity index (χ0) is 15.1. The number of benzene rings is 1. The molecule has 0 N–H and O–H groups in total. The van der Waals surface area contributed by atoms with Gasteiger partial charge in [-0.2, -0.15) is 0 Å². The molecule has 0 unspecified atom stereocenters. The third-order valence-electron chi connectivity index (χ3n) is 2.82. The second-order valence-corrected chi connectivity index (χ2v) is 5.33. The predicted octanol–water partition coefficient (Wildman–Crippen LogP) is 3.59. The number of halogens is 1. The van der Waals surface area contributed by atoms with Gasteiger partial charge in [0.05, 0.1) is 12.8 Å². The Morgan fingerprint density at radius 1 is 1.33 bits per heavy atom. The highest BCUT2D eigenvalue weighted by molar-refractivity contribution is 9.10. The van der Waals surface area contributed by atoms with Gasteiger partial charge < -0.3 is 14.1 Å². The number of nitrogens with zero attached hydrogens (tertiary/aromatic N) is 1. The van der Waals surface area contributed by atoms with Gasteiger partial charge in [-0.3, -0.25) is 4.79 Å². The minimum atomic E-state index is -0.0918. The molecule has 110 valence electrons. The van der Waals surface area contributed by atoms with Gasteiger partial charge in [0.2, 0.25) is 5.91 Å². The van der Waals surface area contributed by atoms with Gasteiger partial charge in [0.1, 0.15) is 18.1 Å². The number of ether oxygens (including phenoxy) is 1. The lowest BCUT2D eigenvalue weighted by molar-refractivity contribution is -0.125. The standard InChI is InChI=1S/C16H16BrNO3/c1-18(16(19)9-8-14-3-2-11-20-14)10-12-21-15-6-4-13(17)5-7-15/h2-9,11H,10,12H2,1H3. The maximum Gasteiger partial charge on any atom is 0.246 e. The number of hydrogen-bond acceptors (Lipinski definition) is 3. The van der Waals surface area contributed by atoms with E-state index < -0.39 is 0 Å². The van der Waals surface area contributed by atoms with E-state index in [0.29, 0.717) is 18.9 Å². The average Bonchev–Trinajstić information content (AvgIpc) is 3.00. The molecule has 0 spiro atoms. The molecular weight excluding hydrogens is 334 g/mol. The number of furan rings is 1. The van der Waals surface area contributed by atoms with Crippen molar-refractivity contribution in [3.63, 3.8) is 0 Å². The van der Waals surface area contributed by atoms with E-state index in [1.165, 1.54) is 6.08 Å². The van der Waals surface area contributed by atoms with Crippen molar-refractivity contribution in [2.24, 2.45) is 0 Å². The second-order valence-electron chi connectivity index (χ2n) is 4.41. The van der Waals surface area contributed by atoms with Gasteiger partial charge in [-0.25, -0.2) is 0 Å². The molecule has 2 aromatic rings. The van der Waals surface area contributed by atoms with Crippen LogP contribution < -0.4 is 4.74 Å². The molecule has 0 saturated carbocycles. The van der Waals surface area contributed by atoms with Crippen molar-refractivity contribution in [2.75, 3.05) is 20.2 Å². The number of carbonyl (C=O) groups is 1. The van der Waals surface area contributed by atoms with Crippen LogP contribution in [0.2, 0.25) is 0 Å². The molecule has 0 fully saturated rings. The summed E-state index contributed by atoms with van der Waals surface area (Å²) in [5, 5.41) is 0. The Bertz CT molecular complexity index is 590. The van der Waals surface area contributed by atoms with Crippen molar-refractivity contribution < 1.29 is 13.9 Å². The van der Waals surface area contributed by atoms with Crippen LogP contribution in [-0.2, 0) is 4.79 Å². The van der Waals surface area contributed by atoms with Crippen LogP contribution in [0.1, 0.15) is 5.76 Å². The quantitative estimate of drug-likeness (QED) is 0.748. The largest absolute Gasteiger partial charge is 0.492 e. The van der Waals surface area contributed by atoms with Crippen LogP contribution in [0.15, 0.2) is 57.6 Å². The van der Waals surface area contributed by atoms with E-state index in [1.807, 2.05) is 24.3 Å². The minimum Gasteiger partial charge on any atom is -0.492 e. The number of hydrogen-bond donors (Lipinski definition) is 0. The van der Waals surface area contributed by atoms with Gasteiger partial charge in [-0.1, -0.05) is 15.9 Å². The maximum atomic E-state index is 11.9. The van der Waals surface area contributed by atoms with Crippen LogP contribution in [0.5, 0.6) is 5.75 Å². The highest BCUT2D eigenvalue weighted by atomic mass is 79.9. The van der Waals surface area contributed by atoms with E-state index in [1.54, 1.807) is 36.4 Å². The Labute approximate surface area is 132 Å². The molecule has 0 atom stereocenters. The van der Waals surface area contributed by atoms with E-state index in [0.717, 1.165) is 10.2 Å². The van der Waals surface area contributed by atoms with Crippen LogP contribution >= 0.6 is 15.9 Å². The first kappa shape index (κ1) is 15.4. The molecule has 5 heteroatoms. The zero-order valence-corrected chi connectivity index (χ0v) is 13.2. The Hall–Kier alpha value is -2.01. The highest BCUT2D eigenvalue weighted by Gasteiger charge is 2.05. The molecule has 0 radical (unpaired) electrons. The van der Waals surface area contributed by atoms with Crippen molar-refractivity contribution in [1.29, 1.82) is 0 Å². The Kier molecular flexibility index (Phi) is 5.63. The molecular formula is C16H16BrNO3. The van der Waals surface area contributed by atoms with Crippen LogP contribution in [0.3, 0.4) is 0 Å². The number of amides is 1. The van der Waals surface area contributed by atoms with Crippen molar-refractivity contribution in [2.45, 2.75) is 0 Å². The van der Waals surface area contributed by atoms with Gasteiger partial charge in [-0.05, 0) is 42.5 Å². The smallest absolute Gasteiger partial charge is 0.246 e. The summed E-state index contributed by atoms with van der Waals surface area (Å²) < 4.78 is 11.7. The summed E-state index contributed by atoms with van der Waals surface area (Å²) in [7, 11) is 1.74. The van der Waals surface area contributed by atoms with Crippen LogP contribution in [-0.4, -0.2) is 31.0 Å². The monoisotopic (exact) mass is 349 g/mol. The van der Waals surface area contributed by atoms with Crippen LogP contribution in [0.4, 0.5) is 0 Å². The van der Waals surface area contributed by atoms with Gasteiger partial charge in [0.15, 0.2) is 0 Å². The Morgan fingerprint density at radius 3 is 2.76 bits per heavy atom. The molecule has 0 aliphatic rings. The first-order chi connectivity index (χ1) is 10.1. The lowest BCUT2D eigenvalue weighted by Gasteiger charge is -2.15. The maximum absolute atomic E-state index is 11.9. The molecule has 2 rings (SSSR count). The van der Waals surface area contributed by atoms with Gasteiger partial charge in [-0.15, -0.1) is 0 Å². The fourth-order valence-electron chi connectivity index (χ4n) is 1.61. The van der Waals surface area contributed by atoms with Gasteiger partial charge in [0, 0.05) is 17.6 Å². The zero-order valence-electron chi connectivity index (χ0n) is 11.7. The normalized spacial score (nSPS) is 10.8. The van der Waals surface area contributed by atoms with Crippen molar-refractivity contribution in [3.8, 4) is 5.75 Å². The molecule has 21 heavy (non-hydrogen) atoms. The van der Waals surface area contributed by atoms with Gasteiger partial charge >= 0.3 is 0 Å². The predicted molar refractivity (Wildman–Crippen MR) is 85.0 cm³/mol. The Morgan fingerprint density at radius 2 is 2.10 bits per heavy atom. The summed E-state index contributed by atoms with van der Waals surface area (Å²) in [5.41, 5.74) is 0. The summed E-state index contributed by atoms with van der Waals surface area (Å²) in [6, 6.07) is 11.2. The number of rotatable bonds is 6. The Balaban J connectivity index is 1.74. The lowest BCUT2D eigenvalue weighted by Crippen LogP contribution is -2.29. The highest BCUT2D eigenvalue weighted by Crippen LogP contribution is 2.15. The first-order valence-electron chi connectivity index (χ1n) is 6.50. The molecule has 1 amide bonds. The van der Waals surface area contributed by atoms with Crippen molar-refractivity contribution in [3.05, 3.63) is 59.0 Å². The fourth-order valence-corrected chi connectivity index (χ4v) is 1.87. The molecule has 4 nitrogen and oxygen atoms in total. The molecule has 1 aromatic carbocycles. The van der Waals surface area contributed by atoms with Crippen LogP contribution in [0, 0.1) is 0 Å². The summed E-state index contributed by atoms with van der Waals surface area (Å²) in [4.78, 5) is 13.5. The van der Waals surface area contributed by atoms with E-state index in [-0.39, 0.29) is 5.91 Å². The number of likely N-dealkylation sites (N-methyl/N-ethyl adjacent to an activating group) is 1. The second kappa shape index (κ2) is 7.69. The molecule has 0 bridgehead atoms. The topological polar surface area (TPSA) is 42.7 Å². The fraction of sp³-hybridized carbons (Fsp3) is 0.188. The average molecular weight is 350 g/mol. The van der Waals surface area contributed by atoms with Crippen molar-refractivity contribution >= 4 is 27.9 Å². The van der Waals surface area contributed by atoms with Crippen molar-refractivity contribution in [1.82, 2.24) is 4.90 Å². The van der Waals surface area contributed by atoms with Crippen LogP contribution in [0.25, 0.3) is 6.08 Å². The third kappa shape index (κ3) is 5.11. The first-order valence-corrected chi connectivity index (χ1v) is 7.29. The summed E-state index contributed by atoms with van der Waals surface area (Å²) >= 11 is 3.37. The lowest BCUT2D eigenvalue weighted by atomic mass is 10.3. The molecule has 1 heterocycles. The third-order valence-corrected chi connectivity index (χ3v) is 3.35. The SMILES string of the molecule is CN(CCOc1ccc(Br)cc1)C(=O)C=Cc1ccco1. The van der Waals surface area contributed by atoms with Gasteiger partial charge in [0.25, 0.3) is 0 Å². The number of carbonyl (C=O) groups excluding carboxylic acids is 1. The molecule has 1 aromatic heterocycles. The summed E-state index contributed by atoms with van der Waals surface area (Å²) in [6.07, 6.45) is 4.70.